The van der Waals surface area contributed by atoms with Crippen LogP contribution >= 0.6 is 11.8 Å². The van der Waals surface area contributed by atoms with E-state index >= 15 is 0 Å². The number of rotatable bonds is 6. The summed E-state index contributed by atoms with van der Waals surface area (Å²) >= 11 is 1.71. The summed E-state index contributed by atoms with van der Waals surface area (Å²) in [7, 11) is -3.53. The SMILES string of the molecule is CSC(C)CCNS(=O)(=O)c1cncc(C#CCN)c1. The fourth-order valence-corrected chi connectivity index (χ4v) is 2.77. The standard InChI is InChI=1S/C13H19N3O2S2/c1-11(19-2)5-7-16-20(17,18)13-8-12(4-3-6-14)9-15-10-13/h8-11,16H,5-7,14H2,1-2H3. The Labute approximate surface area is 124 Å². The van der Waals surface area contributed by atoms with Crippen molar-refractivity contribution in [1.29, 1.82) is 0 Å². The molecule has 0 aliphatic rings. The van der Waals surface area contributed by atoms with E-state index in [0.29, 0.717) is 17.4 Å². The Bertz CT molecular complexity index is 591. The third-order valence-corrected chi connectivity index (χ3v) is 5.07. The summed E-state index contributed by atoms with van der Waals surface area (Å²) in [6.07, 6.45) is 5.61. The molecule has 0 radical (unpaired) electrons. The lowest BCUT2D eigenvalue weighted by Gasteiger charge is -2.09. The number of hydrogen-bond donors (Lipinski definition) is 2. The fraction of sp³-hybridized carbons (Fsp3) is 0.462. The summed E-state index contributed by atoms with van der Waals surface area (Å²) in [6.45, 7) is 2.69. The zero-order valence-electron chi connectivity index (χ0n) is 11.6. The van der Waals surface area contributed by atoms with Gasteiger partial charge in [-0.25, -0.2) is 13.1 Å². The molecule has 0 aliphatic carbocycles. The molecule has 0 aliphatic heterocycles. The normalized spacial score (nSPS) is 12.6. The number of nitrogens with one attached hydrogen (secondary N) is 1. The maximum Gasteiger partial charge on any atom is 0.242 e. The Morgan fingerprint density at radius 1 is 1.50 bits per heavy atom. The monoisotopic (exact) mass is 313 g/mol. The van der Waals surface area contributed by atoms with Crippen LogP contribution in [0.5, 0.6) is 0 Å². The van der Waals surface area contributed by atoms with Crippen molar-refractivity contribution in [3.8, 4) is 11.8 Å². The molecule has 1 aromatic heterocycles. The topological polar surface area (TPSA) is 85.1 Å². The van der Waals surface area contributed by atoms with Crippen molar-refractivity contribution in [3.63, 3.8) is 0 Å². The first kappa shape index (κ1) is 17.0. The van der Waals surface area contributed by atoms with Crippen molar-refractivity contribution in [2.45, 2.75) is 23.5 Å². The maximum atomic E-state index is 12.1. The zero-order valence-corrected chi connectivity index (χ0v) is 13.2. The molecule has 20 heavy (non-hydrogen) atoms. The highest BCUT2D eigenvalue weighted by Gasteiger charge is 2.14. The van der Waals surface area contributed by atoms with Crippen LogP contribution in [0.2, 0.25) is 0 Å². The van der Waals surface area contributed by atoms with Crippen LogP contribution in [0, 0.1) is 11.8 Å². The molecule has 3 N–H and O–H groups in total. The summed E-state index contributed by atoms with van der Waals surface area (Å²) in [5.74, 6) is 5.44. The molecule has 1 atom stereocenters. The quantitative estimate of drug-likeness (QED) is 0.759. The van der Waals surface area contributed by atoms with Crippen molar-refractivity contribution in [3.05, 3.63) is 24.0 Å². The van der Waals surface area contributed by atoms with Gasteiger partial charge in [-0.1, -0.05) is 18.8 Å². The van der Waals surface area contributed by atoms with E-state index in [2.05, 4.69) is 28.5 Å². The molecule has 1 heterocycles. The molecule has 7 heteroatoms. The summed E-state index contributed by atoms with van der Waals surface area (Å²) in [5.41, 5.74) is 5.82. The van der Waals surface area contributed by atoms with Crippen LogP contribution in [0.3, 0.4) is 0 Å². The van der Waals surface area contributed by atoms with Crippen molar-refractivity contribution in [2.75, 3.05) is 19.3 Å². The highest BCUT2D eigenvalue weighted by Crippen LogP contribution is 2.11. The van der Waals surface area contributed by atoms with Gasteiger partial charge >= 0.3 is 0 Å². The summed E-state index contributed by atoms with van der Waals surface area (Å²) in [4.78, 5) is 4.02. The first-order valence-corrected chi connectivity index (χ1v) is 8.93. The number of aromatic nitrogens is 1. The van der Waals surface area contributed by atoms with E-state index in [0.717, 1.165) is 6.42 Å². The van der Waals surface area contributed by atoms with Gasteiger partial charge in [0, 0.05) is 29.8 Å². The van der Waals surface area contributed by atoms with Crippen molar-refractivity contribution >= 4 is 21.8 Å². The molecular weight excluding hydrogens is 294 g/mol. The summed E-state index contributed by atoms with van der Waals surface area (Å²) in [6, 6.07) is 1.50. The van der Waals surface area contributed by atoms with E-state index in [4.69, 9.17) is 5.73 Å². The Kier molecular flexibility index (Phi) is 7.02. The van der Waals surface area contributed by atoms with Crippen molar-refractivity contribution in [2.24, 2.45) is 5.73 Å². The second-order valence-corrected chi connectivity index (χ2v) is 7.19. The van der Waals surface area contributed by atoms with E-state index in [1.54, 1.807) is 11.8 Å². The van der Waals surface area contributed by atoms with Gasteiger partial charge in [0.15, 0.2) is 0 Å². The van der Waals surface area contributed by atoms with E-state index in [1.807, 2.05) is 6.26 Å². The van der Waals surface area contributed by atoms with E-state index < -0.39 is 10.0 Å². The lowest BCUT2D eigenvalue weighted by atomic mass is 10.3. The van der Waals surface area contributed by atoms with Gasteiger partial charge in [0.05, 0.1) is 6.54 Å². The van der Waals surface area contributed by atoms with Gasteiger partial charge in [-0.15, -0.1) is 0 Å². The van der Waals surface area contributed by atoms with E-state index in [9.17, 15) is 8.42 Å². The molecule has 110 valence electrons. The Morgan fingerprint density at radius 2 is 2.25 bits per heavy atom. The second kappa shape index (κ2) is 8.27. The molecule has 0 fully saturated rings. The number of pyridine rings is 1. The number of nitrogens with two attached hydrogens (primary N) is 1. The highest BCUT2D eigenvalue weighted by atomic mass is 32.2. The minimum atomic E-state index is -3.53. The number of sulfonamides is 1. The average Bonchev–Trinajstić information content (AvgIpc) is 2.45. The number of hydrogen-bond acceptors (Lipinski definition) is 5. The zero-order chi connectivity index (χ0) is 15.0. The predicted octanol–water partition coefficient (Wildman–Crippen LogP) is 0.812. The van der Waals surface area contributed by atoms with Gasteiger partial charge in [0.25, 0.3) is 0 Å². The highest BCUT2D eigenvalue weighted by molar-refractivity contribution is 7.99. The second-order valence-electron chi connectivity index (χ2n) is 4.15. The molecule has 0 aromatic carbocycles. The van der Waals surface area contributed by atoms with Crippen molar-refractivity contribution in [1.82, 2.24) is 9.71 Å². The minimum absolute atomic E-state index is 0.123. The lowest BCUT2D eigenvalue weighted by Crippen LogP contribution is -2.26. The molecule has 0 amide bonds. The summed E-state index contributed by atoms with van der Waals surface area (Å²) < 4.78 is 26.8. The van der Waals surface area contributed by atoms with Crippen LogP contribution in [-0.4, -0.2) is 38.0 Å². The van der Waals surface area contributed by atoms with Gasteiger partial charge in [-0.05, 0) is 18.7 Å². The van der Waals surface area contributed by atoms with E-state index in [1.165, 1.54) is 18.5 Å². The third-order valence-electron chi connectivity index (χ3n) is 2.60. The van der Waals surface area contributed by atoms with Gasteiger partial charge < -0.3 is 5.73 Å². The Hall–Kier alpha value is -1.07. The fourth-order valence-electron chi connectivity index (χ4n) is 1.38. The molecule has 0 bridgehead atoms. The predicted molar refractivity (Wildman–Crippen MR) is 83.0 cm³/mol. The first-order chi connectivity index (χ1) is 9.49. The Balaban J connectivity index is 2.77. The van der Waals surface area contributed by atoms with Crippen LogP contribution in [0.4, 0.5) is 0 Å². The van der Waals surface area contributed by atoms with Gasteiger partial charge in [0.1, 0.15) is 4.90 Å². The average molecular weight is 313 g/mol. The first-order valence-electron chi connectivity index (χ1n) is 6.16. The van der Waals surface area contributed by atoms with Gasteiger partial charge in [-0.3, -0.25) is 4.98 Å². The van der Waals surface area contributed by atoms with Gasteiger partial charge in [0.2, 0.25) is 10.0 Å². The third kappa shape index (κ3) is 5.51. The van der Waals surface area contributed by atoms with Crippen LogP contribution in [0.1, 0.15) is 18.9 Å². The Morgan fingerprint density at radius 3 is 2.90 bits per heavy atom. The van der Waals surface area contributed by atoms with Gasteiger partial charge in [-0.2, -0.15) is 11.8 Å². The smallest absolute Gasteiger partial charge is 0.242 e. The molecule has 0 saturated carbocycles. The largest absolute Gasteiger partial charge is 0.320 e. The molecular formula is C13H19N3O2S2. The maximum absolute atomic E-state index is 12.1. The van der Waals surface area contributed by atoms with Crippen LogP contribution in [0.25, 0.3) is 0 Å². The van der Waals surface area contributed by atoms with Crippen LogP contribution < -0.4 is 10.5 Å². The lowest BCUT2D eigenvalue weighted by molar-refractivity contribution is 0.578. The van der Waals surface area contributed by atoms with Crippen LogP contribution in [-0.2, 0) is 10.0 Å². The van der Waals surface area contributed by atoms with E-state index in [-0.39, 0.29) is 11.4 Å². The van der Waals surface area contributed by atoms with Crippen molar-refractivity contribution < 1.29 is 8.42 Å². The number of nitrogens with zero attached hydrogens (tertiary/aromatic N) is 1. The number of thioether (sulfide) groups is 1. The minimum Gasteiger partial charge on any atom is -0.320 e. The molecule has 5 nitrogen and oxygen atoms in total. The molecule has 0 saturated heterocycles. The molecule has 0 spiro atoms. The summed E-state index contributed by atoms with van der Waals surface area (Å²) in [5, 5.41) is 0.414. The van der Waals surface area contributed by atoms with Crippen LogP contribution in [0.15, 0.2) is 23.4 Å². The molecule has 1 unspecified atom stereocenters. The molecule has 1 aromatic rings. The molecule has 1 rings (SSSR count).